The van der Waals surface area contributed by atoms with Crippen LogP contribution in [0.15, 0.2) is 66.3 Å². The topological polar surface area (TPSA) is 73.0 Å². The highest BCUT2D eigenvalue weighted by Gasteiger charge is 2.13. The molecule has 148 valence electrons. The third kappa shape index (κ3) is 5.59. The summed E-state index contributed by atoms with van der Waals surface area (Å²) in [5.74, 6) is 1.62. The number of rotatable bonds is 10. The van der Waals surface area contributed by atoms with Crippen molar-refractivity contribution in [1.29, 1.82) is 5.26 Å². The van der Waals surface area contributed by atoms with Gasteiger partial charge in [-0.15, -0.1) is 16.8 Å². The van der Waals surface area contributed by atoms with Crippen LogP contribution in [0.5, 0.6) is 11.5 Å². The third-order valence-electron chi connectivity index (χ3n) is 3.84. The average molecular weight is 410 g/mol. The van der Waals surface area contributed by atoms with Gasteiger partial charge in [-0.05, 0) is 30.3 Å². The molecule has 6 nitrogen and oxygen atoms in total. The van der Waals surface area contributed by atoms with Crippen LogP contribution >= 0.6 is 11.8 Å². The Balaban J connectivity index is 1.57. The van der Waals surface area contributed by atoms with Crippen molar-refractivity contribution in [3.05, 3.63) is 78.4 Å². The smallest absolute Gasteiger partial charge is 0.191 e. The van der Waals surface area contributed by atoms with Gasteiger partial charge >= 0.3 is 0 Å². The van der Waals surface area contributed by atoms with Crippen molar-refractivity contribution in [2.45, 2.75) is 18.3 Å². The molecule has 0 bridgehead atoms. The third-order valence-corrected chi connectivity index (χ3v) is 4.78. The highest BCUT2D eigenvalue weighted by Crippen LogP contribution is 2.21. The molecule has 0 fully saturated rings. The number of ether oxygens (including phenoxy) is 2. The molecule has 0 aliphatic heterocycles. The van der Waals surface area contributed by atoms with Crippen LogP contribution in [0.1, 0.15) is 11.4 Å². The van der Waals surface area contributed by atoms with Gasteiger partial charge in [0.15, 0.2) is 22.5 Å². The number of benzene rings is 2. The molecule has 0 radical (unpaired) electrons. The second kappa shape index (κ2) is 10.3. The van der Waals surface area contributed by atoms with Gasteiger partial charge in [0.25, 0.3) is 0 Å². The van der Waals surface area contributed by atoms with Gasteiger partial charge in [0, 0.05) is 12.3 Å². The van der Waals surface area contributed by atoms with E-state index in [4.69, 9.17) is 14.7 Å². The minimum Gasteiger partial charge on any atom is -0.493 e. The lowest BCUT2D eigenvalue weighted by molar-refractivity contribution is 0.275. The first-order valence-corrected chi connectivity index (χ1v) is 9.86. The first kappa shape index (κ1) is 20.4. The summed E-state index contributed by atoms with van der Waals surface area (Å²) < 4.78 is 26.8. The molecule has 3 aromatic rings. The van der Waals surface area contributed by atoms with Gasteiger partial charge in [-0.25, -0.2) is 4.39 Å². The maximum atomic E-state index is 13.7. The van der Waals surface area contributed by atoms with Crippen LogP contribution < -0.4 is 9.47 Å². The number of nitrogens with zero attached hydrogens (tertiary/aromatic N) is 4. The highest BCUT2D eigenvalue weighted by atomic mass is 32.2. The molecule has 29 heavy (non-hydrogen) atoms. The number of hydrogen-bond acceptors (Lipinski definition) is 6. The van der Waals surface area contributed by atoms with Crippen LogP contribution in [0.4, 0.5) is 4.39 Å². The van der Waals surface area contributed by atoms with Crippen LogP contribution in [0, 0.1) is 17.1 Å². The van der Waals surface area contributed by atoms with E-state index in [2.05, 4.69) is 22.8 Å². The lowest BCUT2D eigenvalue weighted by Gasteiger charge is -2.10. The van der Waals surface area contributed by atoms with Gasteiger partial charge < -0.3 is 9.47 Å². The molecular formula is C21H19FN4O2S. The van der Waals surface area contributed by atoms with Gasteiger partial charge in [-0.1, -0.05) is 36.0 Å². The van der Waals surface area contributed by atoms with E-state index in [-0.39, 0.29) is 12.4 Å². The summed E-state index contributed by atoms with van der Waals surface area (Å²) in [6, 6.07) is 15.3. The fourth-order valence-electron chi connectivity index (χ4n) is 2.50. The molecule has 8 heteroatoms. The molecule has 1 aromatic heterocycles. The fourth-order valence-corrected chi connectivity index (χ4v) is 3.28. The minimum atomic E-state index is -0.422. The maximum Gasteiger partial charge on any atom is 0.191 e. The van der Waals surface area contributed by atoms with Crippen molar-refractivity contribution < 1.29 is 13.9 Å². The molecule has 0 unspecified atom stereocenters. The molecule has 0 aliphatic rings. The van der Waals surface area contributed by atoms with E-state index in [1.165, 1.54) is 17.8 Å². The minimum absolute atomic E-state index is 0.0970. The van der Waals surface area contributed by atoms with E-state index in [0.29, 0.717) is 41.2 Å². The first-order valence-electron chi connectivity index (χ1n) is 8.87. The summed E-state index contributed by atoms with van der Waals surface area (Å²) in [4.78, 5) is 0. The summed E-state index contributed by atoms with van der Waals surface area (Å²) in [6.07, 6.45) is 1.74. The number of nitriles is 1. The second-order valence-electron chi connectivity index (χ2n) is 5.85. The Labute approximate surface area is 172 Å². The second-order valence-corrected chi connectivity index (χ2v) is 6.92. The Bertz CT molecular complexity index is 1020. The van der Waals surface area contributed by atoms with Crippen molar-refractivity contribution in [3.8, 4) is 17.6 Å². The fraction of sp³-hybridized carbons (Fsp3) is 0.190. The Morgan fingerprint density at radius 1 is 1.17 bits per heavy atom. The van der Waals surface area contributed by atoms with Gasteiger partial charge in [0.2, 0.25) is 0 Å². The van der Waals surface area contributed by atoms with E-state index in [0.717, 1.165) is 0 Å². The zero-order chi connectivity index (χ0) is 20.5. The van der Waals surface area contributed by atoms with E-state index in [1.807, 2.05) is 10.6 Å². The molecule has 0 spiro atoms. The first-order chi connectivity index (χ1) is 14.2. The average Bonchev–Trinajstić information content (AvgIpc) is 3.12. The van der Waals surface area contributed by atoms with E-state index < -0.39 is 5.82 Å². The SMILES string of the molecule is C=CCn1c(COc2ccccc2F)nnc1SCCOc1cccc(C#N)c1. The molecule has 3 rings (SSSR count). The zero-order valence-electron chi connectivity index (χ0n) is 15.6. The summed E-state index contributed by atoms with van der Waals surface area (Å²) in [6.45, 7) is 4.82. The lowest BCUT2D eigenvalue weighted by atomic mass is 10.2. The van der Waals surface area contributed by atoms with Crippen LogP contribution in [0.2, 0.25) is 0 Å². The largest absolute Gasteiger partial charge is 0.493 e. The lowest BCUT2D eigenvalue weighted by Crippen LogP contribution is -2.08. The number of aromatic nitrogens is 3. The van der Waals surface area contributed by atoms with Gasteiger partial charge in [0.05, 0.1) is 18.2 Å². The molecular weight excluding hydrogens is 391 g/mol. The Morgan fingerprint density at radius 2 is 2.03 bits per heavy atom. The predicted octanol–water partition coefficient (Wildman–Crippen LogP) is 4.22. The molecule has 1 heterocycles. The number of hydrogen-bond donors (Lipinski definition) is 0. The van der Waals surface area contributed by atoms with Crippen LogP contribution in [0.25, 0.3) is 0 Å². The van der Waals surface area contributed by atoms with Gasteiger partial charge in [-0.2, -0.15) is 5.26 Å². The summed E-state index contributed by atoms with van der Waals surface area (Å²) in [5, 5.41) is 18.0. The van der Waals surface area contributed by atoms with Crippen LogP contribution in [-0.4, -0.2) is 27.1 Å². The summed E-state index contributed by atoms with van der Waals surface area (Å²) >= 11 is 1.48. The Hall–Kier alpha value is -3.31. The van der Waals surface area contributed by atoms with E-state index >= 15 is 0 Å². The number of thioether (sulfide) groups is 1. The Morgan fingerprint density at radius 3 is 2.83 bits per heavy atom. The molecule has 0 atom stereocenters. The van der Waals surface area contributed by atoms with E-state index in [9.17, 15) is 4.39 Å². The zero-order valence-corrected chi connectivity index (χ0v) is 16.4. The van der Waals surface area contributed by atoms with Gasteiger partial charge in [-0.3, -0.25) is 4.57 Å². The predicted molar refractivity (Wildman–Crippen MR) is 108 cm³/mol. The molecule has 2 aromatic carbocycles. The molecule has 0 saturated heterocycles. The number of allylic oxidation sites excluding steroid dienone is 1. The van der Waals surface area contributed by atoms with Crippen LogP contribution in [0.3, 0.4) is 0 Å². The quantitative estimate of drug-likeness (QED) is 0.283. The summed E-state index contributed by atoms with van der Waals surface area (Å²) in [7, 11) is 0. The normalized spacial score (nSPS) is 10.3. The summed E-state index contributed by atoms with van der Waals surface area (Å²) in [5.41, 5.74) is 0.556. The standard InChI is InChI=1S/C21H19FN4O2S/c1-2-10-26-20(15-28-19-9-4-3-8-18(19)22)24-25-21(26)29-12-11-27-17-7-5-6-16(13-17)14-23/h2-9,13H,1,10-12,15H2. The number of halogens is 1. The molecule has 0 N–H and O–H groups in total. The highest BCUT2D eigenvalue weighted by molar-refractivity contribution is 7.99. The molecule has 0 aliphatic carbocycles. The van der Waals surface area contributed by atoms with Crippen molar-refractivity contribution in [2.75, 3.05) is 12.4 Å². The van der Waals surface area contributed by atoms with Crippen molar-refractivity contribution in [2.24, 2.45) is 0 Å². The Kier molecular flexibility index (Phi) is 7.25. The molecule has 0 amide bonds. The van der Waals surface area contributed by atoms with Crippen molar-refractivity contribution >= 4 is 11.8 Å². The van der Waals surface area contributed by atoms with Crippen molar-refractivity contribution in [3.63, 3.8) is 0 Å². The van der Waals surface area contributed by atoms with Crippen molar-refractivity contribution in [1.82, 2.24) is 14.8 Å². The maximum absolute atomic E-state index is 13.7. The molecule has 0 saturated carbocycles. The van der Waals surface area contributed by atoms with Gasteiger partial charge in [0.1, 0.15) is 12.4 Å². The van der Waals surface area contributed by atoms with Crippen LogP contribution in [-0.2, 0) is 13.2 Å². The number of para-hydroxylation sites is 1. The monoisotopic (exact) mass is 410 g/mol. The van der Waals surface area contributed by atoms with E-state index in [1.54, 1.807) is 42.5 Å².